The average molecular weight is 239 g/mol. The maximum Gasteiger partial charge on any atom is 0.186 e. The van der Waals surface area contributed by atoms with E-state index < -0.39 is 18.6 Å². The number of pyridine rings is 1. The molecule has 0 unspecified atom stereocenters. The van der Waals surface area contributed by atoms with Crippen LogP contribution in [0.15, 0.2) is 12.3 Å². The quantitative estimate of drug-likeness (QED) is 0.658. The summed E-state index contributed by atoms with van der Waals surface area (Å²) < 4.78 is 42.2. The normalized spacial score (nSPS) is 18.9. The lowest BCUT2D eigenvalue weighted by Crippen LogP contribution is -2.40. The highest BCUT2D eigenvalue weighted by molar-refractivity contribution is 5.26. The summed E-state index contributed by atoms with van der Waals surface area (Å²) in [6.45, 7) is 9.14. The van der Waals surface area contributed by atoms with E-state index in [0.717, 1.165) is 5.69 Å². The van der Waals surface area contributed by atoms with E-state index in [2.05, 4.69) is 0 Å². The molecule has 0 fully saturated rings. The third-order valence-electron chi connectivity index (χ3n) is 2.55. The number of hydrogen-bond acceptors (Lipinski definition) is 0. The second-order valence-electron chi connectivity index (χ2n) is 6.72. The summed E-state index contributed by atoms with van der Waals surface area (Å²) in [5.74, 6) is 0. The standard InChI is InChI=1S/C16H28N/c1-12-11-17(8)14(16(5,6)7)9-13(12)10-15(2,3)4/h9,11H,10H2,1-8H3/q+1/i1D3,10D2. The zero-order chi connectivity index (χ0) is 17.7. The van der Waals surface area contributed by atoms with Gasteiger partial charge in [0.2, 0.25) is 0 Å². The van der Waals surface area contributed by atoms with Crippen molar-refractivity contribution in [2.24, 2.45) is 12.5 Å². The molecule has 96 valence electrons. The van der Waals surface area contributed by atoms with E-state index in [1.54, 1.807) is 37.6 Å². The van der Waals surface area contributed by atoms with Crippen LogP contribution in [-0.4, -0.2) is 0 Å². The van der Waals surface area contributed by atoms with Crippen molar-refractivity contribution in [2.45, 2.75) is 60.2 Å². The molecule has 1 heteroatoms. The minimum absolute atomic E-state index is 0.0860. The Bertz CT molecular complexity index is 560. The highest BCUT2D eigenvalue weighted by atomic mass is 14.9. The molecule has 0 radical (unpaired) electrons. The fourth-order valence-electron chi connectivity index (χ4n) is 1.90. The zero-order valence-corrected chi connectivity index (χ0v) is 12.1. The van der Waals surface area contributed by atoms with E-state index in [9.17, 15) is 0 Å². The zero-order valence-electron chi connectivity index (χ0n) is 17.1. The highest BCUT2D eigenvalue weighted by Crippen LogP contribution is 2.26. The number of hydrogen-bond donors (Lipinski definition) is 0. The summed E-state index contributed by atoms with van der Waals surface area (Å²) in [4.78, 5) is 0. The molecule has 1 aromatic rings. The first-order valence-electron chi connectivity index (χ1n) is 8.55. The van der Waals surface area contributed by atoms with Gasteiger partial charge in [-0.2, -0.15) is 0 Å². The fraction of sp³-hybridized carbons (Fsp3) is 0.688. The molecule has 1 rings (SSSR count). The van der Waals surface area contributed by atoms with Crippen LogP contribution >= 0.6 is 0 Å². The van der Waals surface area contributed by atoms with Crippen molar-refractivity contribution in [3.8, 4) is 0 Å². The maximum atomic E-state index is 8.52. The molecule has 0 aliphatic carbocycles. The second kappa shape index (κ2) is 4.44. The highest BCUT2D eigenvalue weighted by Gasteiger charge is 2.25. The van der Waals surface area contributed by atoms with Crippen molar-refractivity contribution < 1.29 is 11.4 Å². The maximum absolute atomic E-state index is 8.52. The average Bonchev–Trinajstić information content (AvgIpc) is 2.23. The first-order chi connectivity index (χ1) is 9.49. The second-order valence-corrected chi connectivity index (χ2v) is 6.72. The van der Waals surface area contributed by atoms with Gasteiger partial charge in [0.1, 0.15) is 7.05 Å². The van der Waals surface area contributed by atoms with Gasteiger partial charge in [-0.25, -0.2) is 4.57 Å². The predicted molar refractivity (Wildman–Crippen MR) is 74.2 cm³/mol. The first-order valence-corrected chi connectivity index (χ1v) is 6.05. The lowest BCUT2D eigenvalue weighted by atomic mass is 9.84. The number of aryl methyl sites for hydroxylation is 2. The summed E-state index contributed by atoms with van der Waals surface area (Å²) in [6, 6.07) is 1.73. The lowest BCUT2D eigenvalue weighted by molar-refractivity contribution is -0.682. The van der Waals surface area contributed by atoms with Crippen LogP contribution in [0.5, 0.6) is 0 Å². The van der Waals surface area contributed by atoms with Gasteiger partial charge in [0.15, 0.2) is 11.9 Å². The van der Waals surface area contributed by atoms with Gasteiger partial charge in [0.25, 0.3) is 0 Å². The fourth-order valence-corrected chi connectivity index (χ4v) is 1.90. The van der Waals surface area contributed by atoms with Crippen molar-refractivity contribution in [2.75, 3.05) is 0 Å². The Labute approximate surface area is 114 Å². The molecule has 0 amide bonds. The van der Waals surface area contributed by atoms with E-state index in [-0.39, 0.29) is 16.5 Å². The molecule has 1 nitrogen and oxygen atoms in total. The molecule has 0 aromatic carbocycles. The number of rotatable bonds is 1. The van der Waals surface area contributed by atoms with Crippen LogP contribution in [-0.2, 0) is 18.8 Å². The molecule has 0 aliphatic rings. The molecule has 17 heavy (non-hydrogen) atoms. The Hall–Kier alpha value is -0.850. The summed E-state index contributed by atoms with van der Waals surface area (Å²) in [5, 5.41) is 0. The first kappa shape index (κ1) is 8.29. The van der Waals surface area contributed by atoms with E-state index in [0.29, 0.717) is 0 Å². The van der Waals surface area contributed by atoms with Crippen LogP contribution < -0.4 is 4.57 Å². The molecule has 0 atom stereocenters. The summed E-state index contributed by atoms with van der Waals surface area (Å²) in [6.07, 6.45) is -0.183. The Balaban J connectivity index is 3.81. The van der Waals surface area contributed by atoms with Crippen LogP contribution in [0.1, 0.15) is 65.2 Å². The third-order valence-corrected chi connectivity index (χ3v) is 2.55. The molecule has 0 spiro atoms. The van der Waals surface area contributed by atoms with Gasteiger partial charge < -0.3 is 0 Å². The van der Waals surface area contributed by atoms with E-state index >= 15 is 0 Å². The summed E-state index contributed by atoms with van der Waals surface area (Å²) in [5.41, 5.74) is 0.349. The van der Waals surface area contributed by atoms with Crippen LogP contribution in [0.4, 0.5) is 0 Å². The number of nitrogens with zero attached hydrogens (tertiary/aromatic N) is 1. The number of aromatic nitrogens is 1. The topological polar surface area (TPSA) is 3.88 Å². The SMILES string of the molecule is [2H]C([2H])([2H])c1c[n+](C)c(C(C)(C)C)cc1C([2H])([2H])C(C)(C)C. The van der Waals surface area contributed by atoms with Crippen molar-refractivity contribution in [1.29, 1.82) is 0 Å². The molecule has 1 aromatic heterocycles. The monoisotopic (exact) mass is 239 g/mol. The molecule has 0 aliphatic heterocycles. The molecule has 0 bridgehead atoms. The predicted octanol–water partition coefficient (Wildman–Crippen LogP) is 3.71. The van der Waals surface area contributed by atoms with E-state index in [1.807, 2.05) is 27.8 Å². The molecule has 0 N–H and O–H groups in total. The van der Waals surface area contributed by atoms with Gasteiger partial charge >= 0.3 is 0 Å². The molecule has 0 saturated carbocycles. The lowest BCUT2D eigenvalue weighted by Gasteiger charge is -2.22. The van der Waals surface area contributed by atoms with Crippen LogP contribution in [0, 0.1) is 12.3 Å². The summed E-state index contributed by atoms with van der Waals surface area (Å²) in [7, 11) is 1.81. The van der Waals surface area contributed by atoms with Gasteiger partial charge in [-0.15, -0.1) is 0 Å². The molecule has 1 heterocycles. The van der Waals surface area contributed by atoms with Crippen molar-refractivity contribution >= 4 is 0 Å². The van der Waals surface area contributed by atoms with Gasteiger partial charge in [0.05, 0.1) is 0 Å². The minimum atomic E-state index is -2.35. The smallest absolute Gasteiger partial charge is 0.186 e. The van der Waals surface area contributed by atoms with Crippen LogP contribution in [0.2, 0.25) is 0 Å². The largest absolute Gasteiger partial charge is 0.204 e. The minimum Gasteiger partial charge on any atom is -0.204 e. The van der Waals surface area contributed by atoms with Gasteiger partial charge in [-0.1, -0.05) is 41.5 Å². The van der Waals surface area contributed by atoms with Crippen LogP contribution in [0.25, 0.3) is 0 Å². The Morgan fingerprint density at radius 3 is 2.24 bits per heavy atom. The molecular formula is C16H28N+. The Kier molecular flexibility index (Phi) is 2.16. The van der Waals surface area contributed by atoms with Gasteiger partial charge in [-0.3, -0.25) is 0 Å². The molecular weight excluding hydrogens is 206 g/mol. The third kappa shape index (κ3) is 3.83. The summed E-state index contributed by atoms with van der Waals surface area (Å²) >= 11 is 0. The van der Waals surface area contributed by atoms with Crippen LogP contribution in [0.3, 0.4) is 0 Å². The Morgan fingerprint density at radius 1 is 1.24 bits per heavy atom. The van der Waals surface area contributed by atoms with Gasteiger partial charge in [0, 0.05) is 23.9 Å². The van der Waals surface area contributed by atoms with Gasteiger partial charge in [-0.05, 0) is 24.2 Å². The van der Waals surface area contributed by atoms with Crippen molar-refractivity contribution in [3.05, 3.63) is 29.1 Å². The van der Waals surface area contributed by atoms with Crippen molar-refractivity contribution in [3.63, 3.8) is 0 Å². The molecule has 0 saturated heterocycles. The van der Waals surface area contributed by atoms with E-state index in [1.165, 1.54) is 0 Å². The Morgan fingerprint density at radius 2 is 1.82 bits per heavy atom. The van der Waals surface area contributed by atoms with Crippen molar-refractivity contribution in [1.82, 2.24) is 0 Å². The van der Waals surface area contributed by atoms with E-state index in [4.69, 9.17) is 6.85 Å².